The fraction of sp³-hybridized carbons (Fsp3) is 0.292. The van der Waals surface area contributed by atoms with Gasteiger partial charge in [-0.15, -0.1) is 21.5 Å². The van der Waals surface area contributed by atoms with Gasteiger partial charge >= 0.3 is 0 Å². The van der Waals surface area contributed by atoms with Gasteiger partial charge < -0.3 is 4.90 Å². The van der Waals surface area contributed by atoms with E-state index in [0.29, 0.717) is 43.3 Å². The summed E-state index contributed by atoms with van der Waals surface area (Å²) in [5.74, 6) is -3.62. The molecule has 3 aromatic heterocycles. The lowest BCUT2D eigenvalue weighted by atomic mass is 9.97. The van der Waals surface area contributed by atoms with Gasteiger partial charge in [0, 0.05) is 36.5 Å². The number of piperidine rings is 1. The minimum Gasteiger partial charge on any atom is -0.337 e. The molecule has 14 heteroatoms. The van der Waals surface area contributed by atoms with Crippen molar-refractivity contribution in [3.05, 3.63) is 74.6 Å². The number of nitrogens with zero attached hydrogens (tertiary/aromatic N) is 6. The molecule has 38 heavy (non-hydrogen) atoms. The highest BCUT2D eigenvalue weighted by Crippen LogP contribution is 2.31. The number of hydrazine groups is 1. The second kappa shape index (κ2) is 10.2. The van der Waals surface area contributed by atoms with Crippen LogP contribution in [0.15, 0.2) is 29.6 Å². The van der Waals surface area contributed by atoms with E-state index in [1.165, 1.54) is 11.3 Å². The van der Waals surface area contributed by atoms with Crippen LogP contribution in [-0.4, -0.2) is 60.5 Å². The highest BCUT2D eigenvalue weighted by Gasteiger charge is 2.29. The summed E-state index contributed by atoms with van der Waals surface area (Å²) in [4.78, 5) is 43.7. The summed E-state index contributed by atoms with van der Waals surface area (Å²) in [6.07, 6.45) is 1.30. The Bertz CT molecular complexity index is 1560. The number of rotatable bonds is 4. The van der Waals surface area contributed by atoms with E-state index in [1.54, 1.807) is 27.8 Å². The molecule has 1 aliphatic heterocycles. The second-order valence-corrected chi connectivity index (χ2v) is 9.75. The number of benzene rings is 1. The Kier molecular flexibility index (Phi) is 6.80. The van der Waals surface area contributed by atoms with Gasteiger partial charge in [0.2, 0.25) is 0 Å². The van der Waals surface area contributed by atoms with Gasteiger partial charge in [-0.2, -0.15) is 5.10 Å². The molecule has 0 saturated carbocycles. The first kappa shape index (κ1) is 25.3. The van der Waals surface area contributed by atoms with Crippen molar-refractivity contribution in [3.63, 3.8) is 0 Å². The average molecular weight is 541 g/mol. The van der Waals surface area contributed by atoms with Crippen LogP contribution in [0, 0.1) is 25.5 Å². The van der Waals surface area contributed by atoms with E-state index in [0.717, 1.165) is 22.8 Å². The molecular formula is C24H22F2N8O3S. The normalized spacial score (nSPS) is 14.1. The highest BCUT2D eigenvalue weighted by molar-refractivity contribution is 7.09. The van der Waals surface area contributed by atoms with Gasteiger partial charge in [0.05, 0.1) is 22.0 Å². The Hall–Kier alpha value is -4.33. The maximum absolute atomic E-state index is 13.8. The fourth-order valence-corrected chi connectivity index (χ4v) is 5.22. The minimum absolute atomic E-state index is 0.0527. The second-order valence-electron chi connectivity index (χ2n) is 8.86. The molecule has 4 heterocycles. The van der Waals surface area contributed by atoms with Gasteiger partial charge in [-0.3, -0.25) is 25.2 Å². The van der Waals surface area contributed by atoms with Gasteiger partial charge in [-0.1, -0.05) is 0 Å². The maximum Gasteiger partial charge on any atom is 0.289 e. The average Bonchev–Trinajstić information content (AvgIpc) is 3.54. The van der Waals surface area contributed by atoms with E-state index in [2.05, 4.69) is 31.1 Å². The van der Waals surface area contributed by atoms with Crippen molar-refractivity contribution in [1.29, 1.82) is 0 Å². The van der Waals surface area contributed by atoms with Crippen LogP contribution in [-0.2, 0) is 0 Å². The molecule has 0 aliphatic carbocycles. The molecule has 196 valence electrons. The molecule has 5 rings (SSSR count). The molecule has 11 nitrogen and oxygen atoms in total. The smallest absolute Gasteiger partial charge is 0.289 e. The van der Waals surface area contributed by atoms with Crippen LogP contribution in [0.5, 0.6) is 0 Å². The molecule has 0 radical (unpaired) electrons. The number of hydrogen-bond acceptors (Lipinski definition) is 8. The quantitative estimate of drug-likeness (QED) is 0.380. The van der Waals surface area contributed by atoms with Crippen LogP contribution >= 0.6 is 11.3 Å². The number of carbonyl (C=O) groups excluding carboxylic acids is 3. The minimum atomic E-state index is -1.04. The number of fused-ring (bicyclic) bond motifs is 1. The molecule has 1 saturated heterocycles. The molecule has 0 unspecified atom stereocenters. The topological polar surface area (TPSA) is 134 Å². The molecule has 0 bridgehead atoms. The van der Waals surface area contributed by atoms with Crippen molar-refractivity contribution >= 4 is 34.7 Å². The van der Waals surface area contributed by atoms with Gasteiger partial charge in [0.1, 0.15) is 17.3 Å². The molecule has 0 atom stereocenters. The Morgan fingerprint density at radius 1 is 1.03 bits per heavy atom. The molecule has 4 aromatic rings. The lowest BCUT2D eigenvalue weighted by Crippen LogP contribution is -2.42. The molecule has 1 fully saturated rings. The van der Waals surface area contributed by atoms with Crippen LogP contribution < -0.4 is 10.9 Å². The summed E-state index contributed by atoms with van der Waals surface area (Å²) in [7, 11) is 0. The molecule has 1 aliphatic rings. The van der Waals surface area contributed by atoms with E-state index in [9.17, 15) is 23.2 Å². The van der Waals surface area contributed by atoms with Crippen molar-refractivity contribution in [1.82, 2.24) is 40.5 Å². The molecule has 2 N–H and O–H groups in total. The Morgan fingerprint density at radius 3 is 2.50 bits per heavy atom. The SMILES string of the molecule is Cc1cc2nnc(C(=O)N3CCC(c4nc(C(=O)NNC(=O)c5ccc(F)cc5F)cs4)CC3)c(C)n2n1. The largest absolute Gasteiger partial charge is 0.337 e. The van der Waals surface area contributed by atoms with Crippen molar-refractivity contribution in [2.24, 2.45) is 0 Å². The molecular weight excluding hydrogens is 518 g/mol. The van der Waals surface area contributed by atoms with Crippen molar-refractivity contribution in [2.45, 2.75) is 32.6 Å². The standard InChI is InChI=1S/C24H22F2N8O3S/c1-12-9-19-28-29-20(13(2)34(19)32-12)24(37)33-7-5-14(6-8-33)23-27-18(11-38-23)22(36)31-30-21(35)16-4-3-15(25)10-17(16)26/h3-4,9-11,14H,5-8H2,1-2H3,(H,30,35)(H,31,36). The fourth-order valence-electron chi connectivity index (χ4n) is 4.25. The molecule has 3 amide bonds. The third-order valence-electron chi connectivity index (χ3n) is 6.28. The summed E-state index contributed by atoms with van der Waals surface area (Å²) >= 11 is 1.31. The Labute approximate surface area is 218 Å². The van der Waals surface area contributed by atoms with Crippen LogP contribution in [0.3, 0.4) is 0 Å². The predicted molar refractivity (Wildman–Crippen MR) is 132 cm³/mol. The summed E-state index contributed by atoms with van der Waals surface area (Å²) < 4.78 is 28.4. The number of aromatic nitrogens is 5. The molecule has 1 aromatic carbocycles. The van der Waals surface area contributed by atoms with Gasteiger partial charge in [-0.05, 0) is 38.8 Å². The lowest BCUT2D eigenvalue weighted by Gasteiger charge is -2.31. The van der Waals surface area contributed by atoms with Crippen LogP contribution in [0.4, 0.5) is 8.78 Å². The van der Waals surface area contributed by atoms with E-state index in [-0.39, 0.29) is 23.2 Å². The van der Waals surface area contributed by atoms with Crippen LogP contribution in [0.2, 0.25) is 0 Å². The first-order chi connectivity index (χ1) is 18.2. The predicted octanol–water partition coefficient (Wildman–Crippen LogP) is 2.57. The number of carbonyl (C=O) groups is 3. The summed E-state index contributed by atoms with van der Waals surface area (Å²) in [5, 5.41) is 14.9. The monoisotopic (exact) mass is 540 g/mol. The summed E-state index contributed by atoms with van der Waals surface area (Å²) in [5.41, 5.74) is 6.23. The summed E-state index contributed by atoms with van der Waals surface area (Å²) in [6.45, 7) is 4.61. The van der Waals surface area contributed by atoms with Crippen LogP contribution in [0.25, 0.3) is 5.65 Å². The number of amides is 3. The number of likely N-dealkylation sites (tertiary alicyclic amines) is 1. The first-order valence-electron chi connectivity index (χ1n) is 11.7. The van der Waals surface area contributed by atoms with E-state index in [1.807, 2.05) is 6.92 Å². The third kappa shape index (κ3) is 4.94. The Balaban J connectivity index is 1.17. The first-order valence-corrected chi connectivity index (χ1v) is 12.6. The van der Waals surface area contributed by atoms with Gasteiger partial charge in [0.25, 0.3) is 17.7 Å². The zero-order valence-electron chi connectivity index (χ0n) is 20.4. The zero-order valence-corrected chi connectivity index (χ0v) is 21.2. The van der Waals surface area contributed by atoms with Gasteiger partial charge in [-0.25, -0.2) is 18.3 Å². The number of halogens is 2. The van der Waals surface area contributed by atoms with Crippen molar-refractivity contribution < 1.29 is 23.2 Å². The number of thiazole rings is 1. The lowest BCUT2D eigenvalue weighted by molar-refractivity contribution is 0.0703. The van der Waals surface area contributed by atoms with Crippen molar-refractivity contribution in [3.8, 4) is 0 Å². The van der Waals surface area contributed by atoms with Crippen LogP contribution in [0.1, 0.15) is 66.5 Å². The number of nitrogens with one attached hydrogen (secondary N) is 2. The third-order valence-corrected chi connectivity index (χ3v) is 7.29. The van der Waals surface area contributed by atoms with Crippen molar-refractivity contribution in [2.75, 3.05) is 13.1 Å². The Morgan fingerprint density at radius 2 is 1.76 bits per heavy atom. The van der Waals surface area contributed by atoms with Gasteiger partial charge in [0.15, 0.2) is 11.3 Å². The number of hydrogen-bond donors (Lipinski definition) is 2. The van der Waals surface area contributed by atoms with E-state index in [4.69, 9.17) is 0 Å². The highest BCUT2D eigenvalue weighted by atomic mass is 32.1. The number of aryl methyl sites for hydroxylation is 2. The summed E-state index contributed by atoms with van der Waals surface area (Å²) in [6, 6.07) is 4.30. The molecule has 0 spiro atoms. The zero-order chi connectivity index (χ0) is 27.0. The van der Waals surface area contributed by atoms with E-state index >= 15 is 0 Å². The van der Waals surface area contributed by atoms with E-state index < -0.39 is 29.0 Å². The maximum atomic E-state index is 13.8.